The number of rotatable bonds is 2. The molecule has 12 heavy (non-hydrogen) atoms. The van der Waals surface area contributed by atoms with Crippen LogP contribution in [0.15, 0.2) is 29.2 Å². The van der Waals surface area contributed by atoms with Crippen molar-refractivity contribution in [3.8, 4) is 0 Å². The molecule has 0 heterocycles. The van der Waals surface area contributed by atoms with E-state index in [1.54, 1.807) is 12.1 Å². The summed E-state index contributed by atoms with van der Waals surface area (Å²) in [6, 6.07) is 6.15. The second-order valence-corrected chi connectivity index (χ2v) is 10.2. The fourth-order valence-corrected chi connectivity index (χ4v) is 5.40. The molecule has 1 rings (SSSR count). The molecule has 6 heteroatoms. The van der Waals surface area contributed by atoms with Gasteiger partial charge in [-0.05, 0) is 0 Å². The Kier molecular flexibility index (Phi) is 3.52. The molecule has 1 aromatic rings. The third-order valence-corrected chi connectivity index (χ3v) is 7.82. The molecule has 0 saturated carbocycles. The summed E-state index contributed by atoms with van der Waals surface area (Å²) in [7, 11) is 1.64. The molecule has 0 fully saturated rings. The topological polar surface area (TPSA) is 54.4 Å². The van der Waals surface area contributed by atoms with Crippen LogP contribution in [0.2, 0.25) is 0 Å². The second kappa shape index (κ2) is 4.04. The van der Waals surface area contributed by atoms with Crippen LogP contribution < -0.4 is 3.07 Å². The number of halogens is 1. The molecule has 0 aliphatic carbocycles. The molecule has 0 aromatic heterocycles. The zero-order valence-electron chi connectivity index (χ0n) is 6.07. The average molecular weight is 393 g/mol. The standard InChI is InChI=1S/C6H5O3S.ClH.Hg/c7-10(8,9)6-4-2-1-3-5-6;;/h1-2,4-5H,(H,7,8,9);1H;/q;;+1/p-1. The van der Waals surface area contributed by atoms with E-state index < -0.39 is 33.5 Å². The Hall–Kier alpha value is 0.355. The summed E-state index contributed by atoms with van der Waals surface area (Å²) in [5.41, 5.74) is 0. The van der Waals surface area contributed by atoms with Gasteiger partial charge in [0.1, 0.15) is 0 Å². The summed E-state index contributed by atoms with van der Waals surface area (Å²) >= 11 is -1.56. The van der Waals surface area contributed by atoms with Gasteiger partial charge in [0.2, 0.25) is 0 Å². The number of hydrogen-bond donors (Lipinski definition) is 1. The molecule has 0 amide bonds. The van der Waals surface area contributed by atoms with E-state index >= 15 is 0 Å². The van der Waals surface area contributed by atoms with Gasteiger partial charge in [-0.25, -0.2) is 0 Å². The Labute approximate surface area is 86.4 Å². The van der Waals surface area contributed by atoms with Crippen molar-refractivity contribution in [1.29, 1.82) is 0 Å². The van der Waals surface area contributed by atoms with Gasteiger partial charge in [0.05, 0.1) is 0 Å². The molecule has 0 saturated heterocycles. The third-order valence-electron chi connectivity index (χ3n) is 1.35. The van der Waals surface area contributed by atoms with Crippen LogP contribution in [-0.2, 0) is 33.5 Å². The fourth-order valence-electron chi connectivity index (χ4n) is 0.789. The molecule has 3 nitrogen and oxygen atoms in total. The van der Waals surface area contributed by atoms with Gasteiger partial charge in [-0.2, -0.15) is 0 Å². The van der Waals surface area contributed by atoms with E-state index in [0.717, 1.165) is 3.07 Å². The van der Waals surface area contributed by atoms with Gasteiger partial charge in [0, 0.05) is 0 Å². The van der Waals surface area contributed by atoms with E-state index in [2.05, 4.69) is 0 Å². The molecule has 0 spiro atoms. The fraction of sp³-hybridized carbons (Fsp3) is 0. The summed E-state index contributed by atoms with van der Waals surface area (Å²) in [5.74, 6) is 0. The van der Waals surface area contributed by atoms with E-state index in [9.17, 15) is 8.42 Å². The number of benzene rings is 1. The van der Waals surface area contributed by atoms with Crippen LogP contribution in [0.25, 0.3) is 0 Å². The van der Waals surface area contributed by atoms with Gasteiger partial charge in [-0.3, -0.25) is 0 Å². The van der Waals surface area contributed by atoms with E-state index in [1.165, 1.54) is 12.1 Å². The molecular weight excluding hydrogens is 388 g/mol. The van der Waals surface area contributed by atoms with Crippen molar-refractivity contribution in [2.24, 2.45) is 0 Å². The van der Waals surface area contributed by atoms with Crippen molar-refractivity contribution in [2.45, 2.75) is 4.90 Å². The first-order valence-corrected chi connectivity index (χ1v) is 14.1. The maximum atomic E-state index is 10.6. The maximum absolute atomic E-state index is 10.6. The second-order valence-electron chi connectivity index (χ2n) is 2.26. The Balaban J connectivity index is 3.20. The van der Waals surface area contributed by atoms with Crippen LogP contribution in [0.4, 0.5) is 0 Å². The minimum atomic E-state index is -4.06. The molecule has 0 aliphatic heterocycles. The molecule has 0 radical (unpaired) electrons. The molecule has 0 bridgehead atoms. The van der Waals surface area contributed by atoms with Gasteiger partial charge < -0.3 is 0 Å². The van der Waals surface area contributed by atoms with Crippen molar-refractivity contribution in [3.05, 3.63) is 24.3 Å². The van der Waals surface area contributed by atoms with Crippen LogP contribution in [-0.4, -0.2) is 13.0 Å². The zero-order chi connectivity index (χ0) is 9.19. The quantitative estimate of drug-likeness (QED) is 0.598. The van der Waals surface area contributed by atoms with Crippen molar-refractivity contribution >= 4 is 21.4 Å². The molecule has 1 aromatic carbocycles. The van der Waals surface area contributed by atoms with Crippen molar-refractivity contribution in [3.63, 3.8) is 0 Å². The van der Waals surface area contributed by atoms with Crippen LogP contribution in [0, 0.1) is 0 Å². The van der Waals surface area contributed by atoms with Gasteiger partial charge in [0.25, 0.3) is 0 Å². The van der Waals surface area contributed by atoms with Crippen LogP contribution in [0.1, 0.15) is 0 Å². The van der Waals surface area contributed by atoms with E-state index in [0.29, 0.717) is 0 Å². The summed E-state index contributed by atoms with van der Waals surface area (Å²) in [6.07, 6.45) is 0. The molecule has 0 atom stereocenters. The van der Waals surface area contributed by atoms with Gasteiger partial charge in [-0.15, -0.1) is 0 Å². The number of hydrogen-bond acceptors (Lipinski definition) is 2. The van der Waals surface area contributed by atoms with Crippen LogP contribution >= 0.6 is 8.25 Å². The Bertz CT molecular complexity index is 376. The Morgan fingerprint density at radius 1 is 1.42 bits per heavy atom. The van der Waals surface area contributed by atoms with Crippen molar-refractivity contribution in [2.75, 3.05) is 0 Å². The van der Waals surface area contributed by atoms with E-state index in [-0.39, 0.29) is 4.90 Å². The summed E-state index contributed by atoms with van der Waals surface area (Å²) in [4.78, 5) is -0.0688. The first-order valence-electron chi connectivity index (χ1n) is 3.16. The summed E-state index contributed by atoms with van der Waals surface area (Å²) in [5, 5.41) is 0. The summed E-state index contributed by atoms with van der Waals surface area (Å²) < 4.78 is 30.8. The normalized spacial score (nSPS) is 10.8. The molecule has 1 N–H and O–H groups in total. The average Bonchev–Trinajstić information content (AvgIpc) is 2.03. The first kappa shape index (κ1) is 10.4. The van der Waals surface area contributed by atoms with Crippen LogP contribution in [0.5, 0.6) is 0 Å². The molecular formula is C6H5ClHgO3S. The van der Waals surface area contributed by atoms with Crippen LogP contribution in [0.3, 0.4) is 0 Å². The van der Waals surface area contributed by atoms with Gasteiger partial charge >= 0.3 is 86.9 Å². The van der Waals surface area contributed by atoms with Crippen molar-refractivity contribution in [1.82, 2.24) is 0 Å². The molecule has 0 aliphatic rings. The van der Waals surface area contributed by atoms with Gasteiger partial charge in [0.15, 0.2) is 0 Å². The molecule has 0 unspecified atom stereocenters. The monoisotopic (exact) mass is 394 g/mol. The predicted molar refractivity (Wildman–Crippen MR) is 41.7 cm³/mol. The third kappa shape index (κ3) is 2.69. The zero-order valence-corrected chi connectivity index (χ0v) is 13.1. The van der Waals surface area contributed by atoms with Crippen molar-refractivity contribution < 1.29 is 36.3 Å². The Morgan fingerprint density at radius 2 is 2.08 bits per heavy atom. The first-order chi connectivity index (χ1) is 5.54. The summed E-state index contributed by atoms with van der Waals surface area (Å²) in [6.45, 7) is 0. The van der Waals surface area contributed by atoms with E-state index in [1.807, 2.05) is 0 Å². The Morgan fingerprint density at radius 3 is 2.58 bits per heavy atom. The predicted octanol–water partition coefficient (Wildman–Crippen LogP) is 0.795. The van der Waals surface area contributed by atoms with Gasteiger partial charge in [-0.1, -0.05) is 0 Å². The SMILES string of the molecule is O=S(=O)(O)c1ccc[c]([Hg][Cl])c1. The van der Waals surface area contributed by atoms with E-state index in [4.69, 9.17) is 12.8 Å². The molecule has 62 valence electrons. The minimum absolute atomic E-state index is 0.0688.